The third kappa shape index (κ3) is 4.68. The van der Waals surface area contributed by atoms with E-state index < -0.39 is 10.0 Å². The molecule has 2 aromatic carbocycles. The van der Waals surface area contributed by atoms with Crippen molar-refractivity contribution < 1.29 is 18.0 Å². The summed E-state index contributed by atoms with van der Waals surface area (Å²) < 4.78 is 27.5. The minimum Gasteiger partial charge on any atom is -0.340 e. The van der Waals surface area contributed by atoms with Crippen molar-refractivity contribution in [1.29, 1.82) is 0 Å². The predicted molar refractivity (Wildman–Crippen MR) is 126 cm³/mol. The number of amides is 2. The van der Waals surface area contributed by atoms with Crippen molar-refractivity contribution in [3.8, 4) is 0 Å². The van der Waals surface area contributed by atoms with Gasteiger partial charge in [0, 0.05) is 45.2 Å². The van der Waals surface area contributed by atoms with Crippen LogP contribution in [0.5, 0.6) is 0 Å². The maximum absolute atomic E-state index is 13.3. The molecule has 2 aromatic rings. The minimum atomic E-state index is -3.66. The molecule has 4 rings (SSSR count). The second-order valence-electron chi connectivity index (χ2n) is 8.93. The molecular formula is C25H31N3O4S. The number of sulfonamides is 1. The average molecular weight is 470 g/mol. The molecule has 2 heterocycles. The first-order valence-corrected chi connectivity index (χ1v) is 12.9. The standard InChI is InChI=1S/C25H31N3O4S/c1-18-6-7-22(17-19(18)2)24-5-4-12-28(24)25(30)21-8-10-23(11-9-21)33(31,32)27-15-13-26(14-16-27)20(3)29/h6-11,17,24H,4-5,12-16H2,1-3H3. The summed E-state index contributed by atoms with van der Waals surface area (Å²) >= 11 is 0. The van der Waals surface area contributed by atoms with Gasteiger partial charge in [-0.3, -0.25) is 9.59 Å². The van der Waals surface area contributed by atoms with E-state index >= 15 is 0 Å². The maximum atomic E-state index is 13.3. The summed E-state index contributed by atoms with van der Waals surface area (Å²) in [6.07, 6.45) is 1.87. The minimum absolute atomic E-state index is 0.0396. The Morgan fingerprint density at radius 1 is 0.879 bits per heavy atom. The fourth-order valence-electron chi connectivity index (χ4n) is 4.66. The van der Waals surface area contributed by atoms with E-state index in [0.717, 1.165) is 18.4 Å². The molecule has 0 spiro atoms. The number of likely N-dealkylation sites (tertiary alicyclic amines) is 1. The van der Waals surface area contributed by atoms with Crippen LogP contribution in [-0.4, -0.2) is 67.1 Å². The second kappa shape index (κ2) is 9.27. The van der Waals surface area contributed by atoms with Gasteiger partial charge in [0.05, 0.1) is 10.9 Å². The van der Waals surface area contributed by atoms with Gasteiger partial charge in [-0.25, -0.2) is 8.42 Å². The van der Waals surface area contributed by atoms with E-state index in [4.69, 9.17) is 0 Å². The molecule has 2 saturated heterocycles. The quantitative estimate of drug-likeness (QED) is 0.689. The van der Waals surface area contributed by atoms with E-state index in [1.807, 2.05) is 4.90 Å². The van der Waals surface area contributed by atoms with E-state index in [9.17, 15) is 18.0 Å². The Bertz CT molecular complexity index is 1150. The van der Waals surface area contributed by atoms with Gasteiger partial charge in [0.15, 0.2) is 0 Å². The number of carbonyl (C=O) groups is 2. The molecule has 7 nitrogen and oxygen atoms in total. The van der Waals surface area contributed by atoms with Gasteiger partial charge in [0.1, 0.15) is 0 Å². The van der Waals surface area contributed by atoms with Crippen LogP contribution in [0.15, 0.2) is 47.4 Å². The Morgan fingerprint density at radius 3 is 2.15 bits per heavy atom. The number of piperazine rings is 1. The molecule has 2 aliphatic heterocycles. The van der Waals surface area contributed by atoms with E-state index in [0.29, 0.717) is 25.2 Å². The van der Waals surface area contributed by atoms with Gasteiger partial charge in [0.2, 0.25) is 15.9 Å². The molecule has 176 valence electrons. The summed E-state index contributed by atoms with van der Waals surface area (Å²) in [6, 6.07) is 12.6. The fraction of sp³-hybridized carbons (Fsp3) is 0.440. The molecule has 2 fully saturated rings. The molecule has 2 aliphatic rings. The Balaban J connectivity index is 1.49. The molecule has 0 aliphatic carbocycles. The summed E-state index contributed by atoms with van der Waals surface area (Å²) in [5, 5.41) is 0. The lowest BCUT2D eigenvalue weighted by molar-refractivity contribution is -0.129. The van der Waals surface area contributed by atoms with Crippen LogP contribution in [0.2, 0.25) is 0 Å². The number of carbonyl (C=O) groups excluding carboxylic acids is 2. The van der Waals surface area contributed by atoms with Crippen molar-refractivity contribution in [1.82, 2.24) is 14.1 Å². The van der Waals surface area contributed by atoms with Crippen LogP contribution in [0.3, 0.4) is 0 Å². The summed E-state index contributed by atoms with van der Waals surface area (Å²) in [5.74, 6) is -0.120. The molecule has 0 bridgehead atoms. The first kappa shape index (κ1) is 23.4. The van der Waals surface area contributed by atoms with Gasteiger partial charge in [0.25, 0.3) is 5.91 Å². The number of benzene rings is 2. The van der Waals surface area contributed by atoms with Crippen LogP contribution >= 0.6 is 0 Å². The van der Waals surface area contributed by atoms with Crippen molar-refractivity contribution in [2.24, 2.45) is 0 Å². The van der Waals surface area contributed by atoms with Crippen LogP contribution in [0.25, 0.3) is 0 Å². The summed E-state index contributed by atoms with van der Waals surface area (Å²) in [4.78, 5) is 28.5. The molecule has 1 atom stereocenters. The van der Waals surface area contributed by atoms with E-state index in [1.54, 1.807) is 17.0 Å². The van der Waals surface area contributed by atoms with Crippen LogP contribution in [-0.2, 0) is 14.8 Å². The van der Waals surface area contributed by atoms with Crippen molar-refractivity contribution >= 4 is 21.8 Å². The maximum Gasteiger partial charge on any atom is 0.254 e. The van der Waals surface area contributed by atoms with Crippen LogP contribution in [0, 0.1) is 13.8 Å². The lowest BCUT2D eigenvalue weighted by Gasteiger charge is -2.33. The van der Waals surface area contributed by atoms with Crippen molar-refractivity contribution in [3.63, 3.8) is 0 Å². The smallest absolute Gasteiger partial charge is 0.254 e. The number of hydrogen-bond acceptors (Lipinski definition) is 4. The number of hydrogen-bond donors (Lipinski definition) is 0. The Labute approximate surface area is 196 Å². The Hall–Kier alpha value is -2.71. The highest BCUT2D eigenvalue weighted by atomic mass is 32.2. The Morgan fingerprint density at radius 2 is 1.55 bits per heavy atom. The lowest BCUT2D eigenvalue weighted by Crippen LogP contribution is -2.49. The second-order valence-corrected chi connectivity index (χ2v) is 10.9. The summed E-state index contributed by atoms with van der Waals surface area (Å²) in [6.45, 7) is 7.66. The largest absolute Gasteiger partial charge is 0.340 e. The highest BCUT2D eigenvalue weighted by molar-refractivity contribution is 7.89. The average Bonchev–Trinajstić information content (AvgIpc) is 3.30. The monoisotopic (exact) mass is 469 g/mol. The van der Waals surface area contributed by atoms with Crippen molar-refractivity contribution in [2.75, 3.05) is 32.7 Å². The number of rotatable bonds is 4. The van der Waals surface area contributed by atoms with Crippen LogP contribution in [0.4, 0.5) is 0 Å². The van der Waals surface area contributed by atoms with Gasteiger partial charge in [-0.05, 0) is 67.6 Å². The van der Waals surface area contributed by atoms with Gasteiger partial charge < -0.3 is 9.80 Å². The first-order valence-electron chi connectivity index (χ1n) is 11.4. The molecule has 8 heteroatoms. The van der Waals surface area contributed by atoms with Crippen molar-refractivity contribution in [3.05, 3.63) is 64.7 Å². The summed E-state index contributed by atoms with van der Waals surface area (Å²) in [5.41, 5.74) is 4.08. The molecular weight excluding hydrogens is 438 g/mol. The molecule has 33 heavy (non-hydrogen) atoms. The van der Waals surface area contributed by atoms with E-state index in [-0.39, 0.29) is 35.8 Å². The highest BCUT2D eigenvalue weighted by Gasteiger charge is 2.32. The van der Waals surface area contributed by atoms with Gasteiger partial charge in [-0.15, -0.1) is 0 Å². The highest BCUT2D eigenvalue weighted by Crippen LogP contribution is 2.34. The van der Waals surface area contributed by atoms with Gasteiger partial charge >= 0.3 is 0 Å². The van der Waals surface area contributed by atoms with Crippen LogP contribution < -0.4 is 0 Å². The molecule has 0 radical (unpaired) electrons. The third-order valence-electron chi connectivity index (χ3n) is 6.85. The zero-order valence-corrected chi connectivity index (χ0v) is 20.3. The number of nitrogens with zero attached hydrogens (tertiary/aromatic N) is 3. The summed E-state index contributed by atoms with van der Waals surface area (Å²) in [7, 11) is -3.66. The van der Waals surface area contributed by atoms with Crippen LogP contribution in [0.1, 0.15) is 52.9 Å². The number of aryl methyl sites for hydroxylation is 2. The third-order valence-corrected chi connectivity index (χ3v) is 8.77. The van der Waals surface area contributed by atoms with E-state index in [2.05, 4.69) is 32.0 Å². The molecule has 0 saturated carbocycles. The first-order chi connectivity index (χ1) is 15.7. The zero-order chi connectivity index (χ0) is 23.8. The molecule has 0 aromatic heterocycles. The SMILES string of the molecule is CC(=O)N1CCN(S(=O)(=O)c2ccc(C(=O)N3CCCC3c3ccc(C)c(C)c3)cc2)CC1. The Kier molecular flexibility index (Phi) is 6.59. The molecule has 0 N–H and O–H groups in total. The zero-order valence-electron chi connectivity index (χ0n) is 19.5. The predicted octanol–water partition coefficient (Wildman–Crippen LogP) is 3.13. The molecule has 1 unspecified atom stereocenters. The normalized spacial score (nSPS) is 19.7. The fourth-order valence-corrected chi connectivity index (χ4v) is 6.08. The van der Waals surface area contributed by atoms with E-state index in [1.165, 1.54) is 34.5 Å². The van der Waals surface area contributed by atoms with Gasteiger partial charge in [-0.1, -0.05) is 18.2 Å². The lowest BCUT2D eigenvalue weighted by atomic mass is 9.99. The molecule has 2 amide bonds. The van der Waals surface area contributed by atoms with Crippen molar-refractivity contribution in [2.45, 2.75) is 44.6 Å². The van der Waals surface area contributed by atoms with Gasteiger partial charge in [-0.2, -0.15) is 4.31 Å². The topological polar surface area (TPSA) is 78.0 Å².